The monoisotopic (exact) mass is 447 g/mol. The fourth-order valence-electron chi connectivity index (χ4n) is 3.33. The van der Waals surface area contributed by atoms with Gasteiger partial charge in [0, 0.05) is 16.6 Å². The number of hydrogen-bond acceptors (Lipinski definition) is 5. The molecule has 0 aliphatic heterocycles. The minimum atomic E-state index is -0.273. The van der Waals surface area contributed by atoms with Crippen LogP contribution in [0.1, 0.15) is 50.5 Å². The van der Waals surface area contributed by atoms with Crippen LogP contribution in [0, 0.1) is 16.0 Å². The van der Waals surface area contributed by atoms with Crippen LogP contribution in [0.2, 0.25) is 0 Å². The van der Waals surface area contributed by atoms with Crippen molar-refractivity contribution >= 4 is 23.6 Å². The van der Waals surface area contributed by atoms with Crippen LogP contribution in [0.3, 0.4) is 0 Å². The first-order valence-electron chi connectivity index (χ1n) is 9.98. The van der Waals surface area contributed by atoms with Gasteiger partial charge >= 0.3 is 0 Å². The van der Waals surface area contributed by atoms with E-state index >= 15 is 0 Å². The van der Waals surface area contributed by atoms with Gasteiger partial charge in [-0.3, -0.25) is 14.8 Å². The first-order chi connectivity index (χ1) is 14.1. The molecule has 0 saturated heterocycles. The van der Waals surface area contributed by atoms with E-state index in [-0.39, 0.29) is 23.3 Å². The lowest BCUT2D eigenvalue weighted by Crippen LogP contribution is -2.33. The number of thiophene rings is 1. The molecule has 30 heavy (non-hydrogen) atoms. The van der Waals surface area contributed by atoms with Gasteiger partial charge in [0.15, 0.2) is 5.82 Å². The van der Waals surface area contributed by atoms with Crippen LogP contribution in [-0.2, 0) is 6.67 Å². The fourth-order valence-corrected chi connectivity index (χ4v) is 4.68. The molecule has 0 aliphatic carbocycles. The molecule has 3 rings (SSSR count). The molecule has 0 spiro atoms. The van der Waals surface area contributed by atoms with E-state index in [1.807, 2.05) is 23.3 Å². The Morgan fingerprint density at radius 1 is 1.20 bits per heavy atom. The second-order valence-corrected chi connectivity index (χ2v) is 10.1. The molecule has 5 nitrogen and oxygen atoms in total. The van der Waals surface area contributed by atoms with Gasteiger partial charge in [-0.15, -0.1) is 11.3 Å². The molecule has 0 radical (unpaired) electrons. The van der Waals surface area contributed by atoms with E-state index in [0.717, 1.165) is 11.5 Å². The molecule has 0 fully saturated rings. The molecule has 2 heterocycles. The first kappa shape index (κ1) is 22.8. The van der Waals surface area contributed by atoms with Gasteiger partial charge in [0.1, 0.15) is 5.82 Å². The summed E-state index contributed by atoms with van der Waals surface area (Å²) in [5.41, 5.74) is 0.841. The maximum atomic E-state index is 13.5. The number of rotatable bonds is 7. The van der Waals surface area contributed by atoms with Gasteiger partial charge in [0.2, 0.25) is 4.77 Å². The van der Waals surface area contributed by atoms with E-state index in [1.54, 1.807) is 23.5 Å². The highest BCUT2D eigenvalue weighted by Crippen LogP contribution is 2.35. The molecule has 8 heteroatoms. The van der Waals surface area contributed by atoms with Gasteiger partial charge in [0.05, 0.1) is 12.7 Å². The zero-order chi connectivity index (χ0) is 22.1. The third-order valence-corrected chi connectivity index (χ3v) is 6.57. The minimum absolute atomic E-state index is 0.0340. The van der Waals surface area contributed by atoms with E-state index in [1.165, 1.54) is 17.0 Å². The molecule has 3 aromatic rings. The van der Waals surface area contributed by atoms with E-state index in [2.05, 4.69) is 55.4 Å². The Bertz CT molecular complexity index is 1010. The lowest BCUT2D eigenvalue weighted by Gasteiger charge is -2.30. The van der Waals surface area contributed by atoms with Gasteiger partial charge in [-0.25, -0.2) is 9.07 Å². The number of halogens is 1. The van der Waals surface area contributed by atoms with E-state index in [9.17, 15) is 4.39 Å². The highest BCUT2D eigenvalue weighted by Gasteiger charge is 2.27. The highest BCUT2D eigenvalue weighted by atomic mass is 32.1. The molecule has 2 atom stereocenters. The Labute approximate surface area is 187 Å². The molecule has 0 saturated carbocycles. The summed E-state index contributed by atoms with van der Waals surface area (Å²) in [4.78, 5) is 3.37. The zero-order valence-electron chi connectivity index (χ0n) is 18.4. The van der Waals surface area contributed by atoms with Crippen molar-refractivity contribution in [1.29, 1.82) is 0 Å². The van der Waals surface area contributed by atoms with Crippen molar-refractivity contribution in [1.82, 2.24) is 24.6 Å². The van der Waals surface area contributed by atoms with Crippen LogP contribution in [-0.4, -0.2) is 33.3 Å². The molecule has 2 unspecified atom stereocenters. The van der Waals surface area contributed by atoms with Crippen LogP contribution < -0.4 is 5.32 Å². The van der Waals surface area contributed by atoms with E-state index in [0.29, 0.717) is 11.4 Å². The predicted octanol–water partition coefficient (Wildman–Crippen LogP) is 5.56. The van der Waals surface area contributed by atoms with Crippen molar-refractivity contribution in [2.24, 2.45) is 5.41 Å². The van der Waals surface area contributed by atoms with Crippen molar-refractivity contribution in [2.45, 2.75) is 46.4 Å². The average molecular weight is 448 g/mol. The van der Waals surface area contributed by atoms with Crippen LogP contribution in [0.25, 0.3) is 5.69 Å². The van der Waals surface area contributed by atoms with Crippen LogP contribution in [0.5, 0.6) is 0 Å². The summed E-state index contributed by atoms with van der Waals surface area (Å²) < 4.78 is 17.8. The zero-order valence-corrected chi connectivity index (χ0v) is 20.0. The molecule has 0 aliphatic rings. The lowest BCUT2D eigenvalue weighted by atomic mass is 9.86. The Kier molecular flexibility index (Phi) is 6.91. The molecule has 0 bridgehead atoms. The Hall–Kier alpha value is -1.87. The Morgan fingerprint density at radius 3 is 2.40 bits per heavy atom. The van der Waals surface area contributed by atoms with Crippen LogP contribution in [0.4, 0.5) is 4.39 Å². The van der Waals surface area contributed by atoms with E-state index in [4.69, 9.17) is 17.3 Å². The molecule has 1 N–H and O–H groups in total. The lowest BCUT2D eigenvalue weighted by molar-refractivity contribution is 0.253. The van der Waals surface area contributed by atoms with Crippen LogP contribution >= 0.6 is 23.6 Å². The number of benzene rings is 1. The van der Waals surface area contributed by atoms with E-state index < -0.39 is 0 Å². The number of aromatic nitrogens is 3. The summed E-state index contributed by atoms with van der Waals surface area (Å²) in [6.07, 6.45) is 0. The second kappa shape index (κ2) is 9.09. The Balaban J connectivity index is 1.98. The maximum Gasteiger partial charge on any atom is 0.203 e. The summed E-state index contributed by atoms with van der Waals surface area (Å²) in [6.45, 7) is 9.24. The molecule has 1 aromatic carbocycles. The normalized spacial score (nSPS) is 14.3. The average Bonchev–Trinajstić information content (AvgIpc) is 3.30. The molecule has 2 aromatic heterocycles. The standard InChI is InChI=1S/C22H30FN5S2/c1-15(26(5)6)20-25-27(21(29)28(20)17-11-9-16(23)10-12-17)14-24-19(22(2,3)4)18-8-7-13-30-18/h7-13,15,19,24H,14H2,1-6H3. The van der Waals surface area contributed by atoms with Crippen molar-refractivity contribution in [3.8, 4) is 5.69 Å². The number of nitrogens with one attached hydrogen (secondary N) is 1. The summed E-state index contributed by atoms with van der Waals surface area (Å²) in [6, 6.07) is 10.8. The maximum absolute atomic E-state index is 13.5. The van der Waals surface area contributed by atoms with Crippen molar-refractivity contribution in [3.05, 3.63) is 63.1 Å². The molecule has 0 amide bonds. The largest absolute Gasteiger partial charge is 0.300 e. The van der Waals surface area contributed by atoms with Crippen LogP contribution in [0.15, 0.2) is 41.8 Å². The molecular weight excluding hydrogens is 417 g/mol. The minimum Gasteiger partial charge on any atom is -0.300 e. The highest BCUT2D eigenvalue weighted by molar-refractivity contribution is 7.71. The summed E-state index contributed by atoms with van der Waals surface area (Å²) >= 11 is 7.54. The number of hydrogen-bond donors (Lipinski definition) is 1. The third kappa shape index (κ3) is 4.88. The molecular formula is C22H30FN5S2. The van der Waals surface area contributed by atoms with Gasteiger partial charge in [-0.2, -0.15) is 5.10 Å². The predicted molar refractivity (Wildman–Crippen MR) is 124 cm³/mol. The summed E-state index contributed by atoms with van der Waals surface area (Å²) in [7, 11) is 4.01. The topological polar surface area (TPSA) is 38.0 Å². The van der Waals surface area contributed by atoms with Gasteiger partial charge < -0.3 is 0 Å². The summed E-state index contributed by atoms with van der Waals surface area (Å²) in [5.74, 6) is 0.548. The Morgan fingerprint density at radius 2 is 1.87 bits per heavy atom. The summed E-state index contributed by atoms with van der Waals surface area (Å²) in [5, 5.41) is 10.6. The van der Waals surface area contributed by atoms with Gasteiger partial charge in [-0.1, -0.05) is 26.8 Å². The molecule has 162 valence electrons. The third-order valence-electron chi connectivity index (χ3n) is 5.24. The SMILES string of the molecule is CC(c1nn(CNC(c2cccs2)C(C)(C)C)c(=S)n1-c1ccc(F)cc1)N(C)C. The smallest absolute Gasteiger partial charge is 0.203 e. The first-order valence-corrected chi connectivity index (χ1v) is 11.3. The van der Waals surface area contributed by atoms with Gasteiger partial charge in [-0.05, 0) is 74.4 Å². The quantitative estimate of drug-likeness (QED) is 0.481. The number of nitrogens with zero attached hydrogens (tertiary/aromatic N) is 4. The van der Waals surface area contributed by atoms with Gasteiger partial charge in [0.25, 0.3) is 0 Å². The van der Waals surface area contributed by atoms with Crippen molar-refractivity contribution < 1.29 is 4.39 Å². The van der Waals surface area contributed by atoms with Crippen molar-refractivity contribution in [3.63, 3.8) is 0 Å². The fraction of sp³-hybridized carbons (Fsp3) is 0.455. The van der Waals surface area contributed by atoms with Crippen molar-refractivity contribution in [2.75, 3.05) is 14.1 Å². The second-order valence-electron chi connectivity index (χ2n) is 8.77.